The summed E-state index contributed by atoms with van der Waals surface area (Å²) < 4.78 is 27.1. The van der Waals surface area contributed by atoms with E-state index in [9.17, 15) is 5.11 Å². The predicted octanol–water partition coefficient (Wildman–Crippen LogP) is 1.06. The third kappa shape index (κ3) is 8.36. The molecule has 1 aliphatic carbocycles. The Kier molecular flexibility index (Phi) is 12.0. The summed E-state index contributed by atoms with van der Waals surface area (Å²) in [5.74, 6) is 0. The average molecular weight is 396 g/mol. The van der Waals surface area contributed by atoms with Gasteiger partial charge in [-0.3, -0.25) is 0 Å². The van der Waals surface area contributed by atoms with Crippen LogP contribution in [0.2, 0.25) is 0 Å². The topological polar surface area (TPSA) is 86.6 Å². The Bertz CT molecular complexity index is 561. The zero-order valence-electron chi connectivity index (χ0n) is 16.4. The Balaban J connectivity index is 1.44. The van der Waals surface area contributed by atoms with Crippen LogP contribution in [0.4, 0.5) is 0 Å². The molecule has 0 spiro atoms. The standard InChI is InChI=1S/C21H32O7/c22-7-8-24-9-10-25-11-12-26-13-14-27-15-16-28-21(17-23)20-6-5-18-3-1-2-4-19(18)20/h1-4,6,21-23H,5,7-17H2. The quantitative estimate of drug-likeness (QED) is 0.381. The fraction of sp³-hybridized carbons (Fsp3) is 0.619. The lowest BCUT2D eigenvalue weighted by molar-refractivity contribution is -0.0223. The highest BCUT2D eigenvalue weighted by atomic mass is 16.6. The lowest BCUT2D eigenvalue weighted by atomic mass is 10.0. The first-order chi connectivity index (χ1) is 13.9. The van der Waals surface area contributed by atoms with E-state index in [0.717, 1.165) is 17.6 Å². The number of fused-ring (bicyclic) bond motifs is 1. The van der Waals surface area contributed by atoms with Crippen LogP contribution in [0.5, 0.6) is 0 Å². The van der Waals surface area contributed by atoms with Crippen molar-refractivity contribution < 1.29 is 33.9 Å². The van der Waals surface area contributed by atoms with Crippen molar-refractivity contribution in [3.05, 3.63) is 41.5 Å². The van der Waals surface area contributed by atoms with Crippen molar-refractivity contribution in [2.75, 3.05) is 72.7 Å². The number of aliphatic hydroxyl groups is 2. The molecule has 0 heterocycles. The molecule has 1 atom stereocenters. The lowest BCUT2D eigenvalue weighted by Crippen LogP contribution is -2.22. The average Bonchev–Trinajstić information content (AvgIpc) is 3.15. The number of aliphatic hydroxyl groups excluding tert-OH is 2. The van der Waals surface area contributed by atoms with E-state index >= 15 is 0 Å². The fourth-order valence-corrected chi connectivity index (χ4v) is 2.93. The van der Waals surface area contributed by atoms with Crippen molar-refractivity contribution in [1.29, 1.82) is 0 Å². The van der Waals surface area contributed by atoms with Crippen molar-refractivity contribution in [2.24, 2.45) is 0 Å². The smallest absolute Gasteiger partial charge is 0.106 e. The summed E-state index contributed by atoms with van der Waals surface area (Å²) in [5.41, 5.74) is 3.50. The van der Waals surface area contributed by atoms with E-state index in [4.69, 9.17) is 28.8 Å². The van der Waals surface area contributed by atoms with Gasteiger partial charge < -0.3 is 33.9 Å². The van der Waals surface area contributed by atoms with Crippen LogP contribution in [0.1, 0.15) is 11.1 Å². The molecule has 2 N–H and O–H groups in total. The van der Waals surface area contributed by atoms with Gasteiger partial charge in [-0.2, -0.15) is 0 Å². The van der Waals surface area contributed by atoms with Gasteiger partial charge in [0.25, 0.3) is 0 Å². The minimum absolute atomic E-state index is 0.0284. The highest BCUT2D eigenvalue weighted by Gasteiger charge is 2.21. The molecule has 0 bridgehead atoms. The number of rotatable bonds is 17. The molecule has 2 rings (SSSR count). The summed E-state index contributed by atoms with van der Waals surface area (Å²) in [4.78, 5) is 0. The van der Waals surface area contributed by atoms with E-state index < -0.39 is 0 Å². The molecule has 158 valence electrons. The molecule has 7 heteroatoms. The van der Waals surface area contributed by atoms with E-state index in [1.807, 2.05) is 12.1 Å². The molecule has 1 unspecified atom stereocenters. The fourth-order valence-electron chi connectivity index (χ4n) is 2.93. The summed E-state index contributed by atoms with van der Waals surface area (Å²) in [7, 11) is 0. The normalized spacial score (nSPS) is 14.1. The molecule has 0 aromatic heterocycles. The van der Waals surface area contributed by atoms with Crippen molar-refractivity contribution in [3.8, 4) is 0 Å². The van der Waals surface area contributed by atoms with Gasteiger partial charge in [-0.1, -0.05) is 30.3 Å². The van der Waals surface area contributed by atoms with Crippen molar-refractivity contribution in [1.82, 2.24) is 0 Å². The van der Waals surface area contributed by atoms with Gasteiger partial charge in [0, 0.05) is 0 Å². The molecule has 0 aliphatic heterocycles. The largest absolute Gasteiger partial charge is 0.394 e. The lowest BCUT2D eigenvalue weighted by Gasteiger charge is -2.18. The monoisotopic (exact) mass is 396 g/mol. The molecule has 1 aliphatic rings. The maximum atomic E-state index is 9.66. The number of hydrogen-bond donors (Lipinski definition) is 2. The SMILES string of the molecule is OCCOCCOCCOCCOCCOC(CO)C1=CCc2ccccc21. The molecule has 0 saturated carbocycles. The third-order valence-electron chi connectivity index (χ3n) is 4.28. The van der Waals surface area contributed by atoms with Crippen LogP contribution in [-0.4, -0.2) is 89.0 Å². The van der Waals surface area contributed by atoms with Crippen LogP contribution >= 0.6 is 0 Å². The summed E-state index contributed by atoms with van der Waals surface area (Å²) in [6, 6.07) is 8.21. The maximum Gasteiger partial charge on any atom is 0.106 e. The molecule has 0 radical (unpaired) electrons. The van der Waals surface area contributed by atoms with Gasteiger partial charge in [-0.25, -0.2) is 0 Å². The minimum atomic E-state index is -0.318. The molecule has 1 aromatic carbocycles. The first-order valence-corrected chi connectivity index (χ1v) is 9.79. The van der Waals surface area contributed by atoms with Gasteiger partial charge in [-0.15, -0.1) is 0 Å². The first-order valence-electron chi connectivity index (χ1n) is 9.79. The molecule has 28 heavy (non-hydrogen) atoms. The zero-order valence-corrected chi connectivity index (χ0v) is 16.4. The summed E-state index contributed by atoms with van der Waals surface area (Å²) in [5, 5.41) is 18.2. The van der Waals surface area contributed by atoms with E-state index in [0.29, 0.717) is 59.5 Å². The Morgan fingerprint density at radius 2 is 1.32 bits per heavy atom. The molecular formula is C21H32O7. The predicted molar refractivity (Wildman–Crippen MR) is 105 cm³/mol. The van der Waals surface area contributed by atoms with E-state index in [2.05, 4.69) is 18.2 Å². The van der Waals surface area contributed by atoms with Crippen LogP contribution in [0, 0.1) is 0 Å². The van der Waals surface area contributed by atoms with Gasteiger partial charge in [0.05, 0.1) is 72.7 Å². The Morgan fingerprint density at radius 3 is 1.93 bits per heavy atom. The third-order valence-corrected chi connectivity index (χ3v) is 4.28. The van der Waals surface area contributed by atoms with E-state index in [1.54, 1.807) is 0 Å². The number of benzene rings is 1. The van der Waals surface area contributed by atoms with Gasteiger partial charge in [0.15, 0.2) is 0 Å². The Labute approximate surface area is 166 Å². The highest BCUT2D eigenvalue weighted by molar-refractivity contribution is 5.75. The molecule has 7 nitrogen and oxygen atoms in total. The van der Waals surface area contributed by atoms with E-state index in [1.165, 1.54) is 5.56 Å². The maximum absolute atomic E-state index is 9.66. The molecular weight excluding hydrogens is 364 g/mol. The van der Waals surface area contributed by atoms with Crippen LogP contribution in [-0.2, 0) is 30.1 Å². The Morgan fingerprint density at radius 1 is 0.750 bits per heavy atom. The Hall–Kier alpha value is -1.32. The van der Waals surface area contributed by atoms with Gasteiger partial charge in [-0.05, 0) is 23.1 Å². The zero-order chi connectivity index (χ0) is 19.9. The molecule has 0 saturated heterocycles. The van der Waals surface area contributed by atoms with Crippen LogP contribution in [0.3, 0.4) is 0 Å². The number of ether oxygens (including phenoxy) is 5. The van der Waals surface area contributed by atoms with Gasteiger partial charge >= 0.3 is 0 Å². The first kappa shape index (κ1) is 23.0. The molecule has 1 aromatic rings. The van der Waals surface area contributed by atoms with Crippen molar-refractivity contribution in [3.63, 3.8) is 0 Å². The second-order valence-corrected chi connectivity index (χ2v) is 6.24. The highest BCUT2D eigenvalue weighted by Crippen LogP contribution is 2.30. The van der Waals surface area contributed by atoms with Crippen LogP contribution in [0.25, 0.3) is 5.57 Å². The van der Waals surface area contributed by atoms with Crippen LogP contribution in [0.15, 0.2) is 30.3 Å². The number of hydrogen-bond acceptors (Lipinski definition) is 7. The summed E-state index contributed by atoms with van der Waals surface area (Å²) >= 11 is 0. The van der Waals surface area contributed by atoms with Gasteiger partial charge in [0.2, 0.25) is 0 Å². The summed E-state index contributed by atoms with van der Waals surface area (Å²) in [6.45, 7) is 4.13. The number of allylic oxidation sites excluding steroid dienone is 1. The van der Waals surface area contributed by atoms with Crippen LogP contribution < -0.4 is 0 Å². The van der Waals surface area contributed by atoms with Gasteiger partial charge in [0.1, 0.15) is 6.10 Å². The second kappa shape index (κ2) is 14.6. The molecule has 0 amide bonds. The van der Waals surface area contributed by atoms with Crippen molar-refractivity contribution >= 4 is 5.57 Å². The van der Waals surface area contributed by atoms with E-state index in [-0.39, 0.29) is 19.3 Å². The second-order valence-electron chi connectivity index (χ2n) is 6.24. The minimum Gasteiger partial charge on any atom is -0.394 e. The molecule has 0 fully saturated rings. The summed E-state index contributed by atoms with van der Waals surface area (Å²) in [6.07, 6.45) is 2.70. The van der Waals surface area contributed by atoms with Crippen molar-refractivity contribution in [2.45, 2.75) is 12.5 Å².